The van der Waals surface area contributed by atoms with Gasteiger partial charge in [0.05, 0.1) is 5.52 Å². The highest BCUT2D eigenvalue weighted by molar-refractivity contribution is 5.79. The van der Waals surface area contributed by atoms with Crippen LogP contribution < -0.4 is 5.73 Å². The zero-order valence-electron chi connectivity index (χ0n) is 10.6. The van der Waals surface area contributed by atoms with Gasteiger partial charge in [-0.3, -0.25) is 0 Å². The Morgan fingerprint density at radius 3 is 2.63 bits per heavy atom. The number of hydrogen-bond acceptors (Lipinski definition) is 3. The summed E-state index contributed by atoms with van der Waals surface area (Å²) in [6.45, 7) is 3.59. The molecule has 0 amide bonds. The molecule has 0 saturated carbocycles. The molecule has 3 rings (SSSR count). The molecule has 1 aromatic heterocycles. The second kappa shape index (κ2) is 4.77. The lowest BCUT2D eigenvalue weighted by Crippen LogP contribution is -2.24. The van der Waals surface area contributed by atoms with Gasteiger partial charge in [0.25, 0.3) is 0 Å². The minimum atomic E-state index is -0.665. The molecular weight excluding hydrogens is 250 g/mol. The summed E-state index contributed by atoms with van der Waals surface area (Å²) >= 11 is 0. The summed E-state index contributed by atoms with van der Waals surface area (Å²) in [5.41, 5.74) is 6.37. The van der Waals surface area contributed by atoms with Gasteiger partial charge in [-0.25, -0.2) is 13.8 Å². The summed E-state index contributed by atoms with van der Waals surface area (Å²) in [4.78, 5) is 6.30. The van der Waals surface area contributed by atoms with Crippen LogP contribution in [-0.2, 0) is 6.54 Å². The van der Waals surface area contributed by atoms with E-state index in [1.165, 1.54) is 18.9 Å². The van der Waals surface area contributed by atoms with Crippen molar-refractivity contribution < 1.29 is 8.78 Å². The number of fused-ring (bicyclic) bond motifs is 1. The third-order valence-electron chi connectivity index (χ3n) is 3.64. The van der Waals surface area contributed by atoms with Crippen LogP contribution >= 0.6 is 0 Å². The molecule has 1 aliphatic rings. The normalized spacial score (nSPS) is 16.5. The topological polar surface area (TPSA) is 47.1 Å². The number of rotatable bonds is 3. The van der Waals surface area contributed by atoms with Crippen molar-refractivity contribution in [2.45, 2.75) is 19.4 Å². The molecule has 0 radical (unpaired) electrons. The quantitative estimate of drug-likeness (QED) is 0.924. The third-order valence-corrected chi connectivity index (χ3v) is 3.64. The first-order valence-electron chi connectivity index (χ1n) is 6.48. The maximum atomic E-state index is 13.6. The number of nitrogen functional groups attached to an aromatic ring is 1. The van der Waals surface area contributed by atoms with E-state index in [0.717, 1.165) is 25.7 Å². The third kappa shape index (κ3) is 2.28. The minimum Gasteiger partial charge on any atom is -0.369 e. The van der Waals surface area contributed by atoms with Crippen molar-refractivity contribution in [3.63, 3.8) is 0 Å². The van der Waals surface area contributed by atoms with Crippen LogP contribution in [0.25, 0.3) is 11.0 Å². The van der Waals surface area contributed by atoms with Crippen molar-refractivity contribution in [3.8, 4) is 0 Å². The van der Waals surface area contributed by atoms with Gasteiger partial charge in [0, 0.05) is 25.2 Å². The van der Waals surface area contributed by atoms with Crippen LogP contribution in [0.2, 0.25) is 0 Å². The Morgan fingerprint density at radius 2 is 1.89 bits per heavy atom. The van der Waals surface area contributed by atoms with Crippen molar-refractivity contribution in [2.75, 3.05) is 25.4 Å². The van der Waals surface area contributed by atoms with Crippen molar-refractivity contribution in [3.05, 3.63) is 23.8 Å². The number of imidazole rings is 1. The average Bonchev–Trinajstić information content (AvgIpc) is 2.95. The molecule has 2 N–H and O–H groups in total. The minimum absolute atomic E-state index is 0.139. The number of benzene rings is 1. The fourth-order valence-electron chi connectivity index (χ4n) is 2.65. The van der Waals surface area contributed by atoms with Crippen molar-refractivity contribution in [2.24, 2.45) is 0 Å². The molecule has 0 bridgehead atoms. The maximum Gasteiger partial charge on any atom is 0.201 e. The van der Waals surface area contributed by atoms with Gasteiger partial charge >= 0.3 is 0 Å². The molecular formula is C13H16F2N4. The fourth-order valence-corrected chi connectivity index (χ4v) is 2.65. The van der Waals surface area contributed by atoms with E-state index in [9.17, 15) is 8.78 Å². The lowest BCUT2D eigenvalue weighted by atomic mass is 10.3. The van der Waals surface area contributed by atoms with Gasteiger partial charge in [0.15, 0.2) is 5.82 Å². The first-order chi connectivity index (χ1) is 9.15. The highest BCUT2D eigenvalue weighted by Gasteiger charge is 2.16. The molecule has 1 aliphatic heterocycles. The lowest BCUT2D eigenvalue weighted by Gasteiger charge is -2.15. The number of nitrogens with two attached hydrogens (primary N) is 1. The number of anilines is 1. The van der Waals surface area contributed by atoms with Crippen LogP contribution in [0.15, 0.2) is 12.1 Å². The Bertz CT molecular complexity index is 602. The van der Waals surface area contributed by atoms with E-state index < -0.39 is 11.6 Å². The van der Waals surface area contributed by atoms with Crippen LogP contribution in [0, 0.1) is 11.6 Å². The Balaban J connectivity index is 1.91. The van der Waals surface area contributed by atoms with Gasteiger partial charge in [-0.05, 0) is 25.9 Å². The molecule has 2 heterocycles. The molecule has 1 aromatic carbocycles. The number of hydrogen-bond donors (Lipinski definition) is 1. The molecule has 0 aliphatic carbocycles. The first-order valence-corrected chi connectivity index (χ1v) is 6.48. The van der Waals surface area contributed by atoms with Crippen LogP contribution in [0.1, 0.15) is 12.8 Å². The molecule has 6 heteroatoms. The Hall–Kier alpha value is -1.69. The van der Waals surface area contributed by atoms with Crippen LogP contribution in [0.5, 0.6) is 0 Å². The number of nitrogens with zero attached hydrogens (tertiary/aromatic N) is 3. The zero-order chi connectivity index (χ0) is 13.4. The lowest BCUT2D eigenvalue weighted by molar-refractivity contribution is 0.325. The molecule has 0 unspecified atom stereocenters. The van der Waals surface area contributed by atoms with E-state index in [2.05, 4.69) is 9.88 Å². The van der Waals surface area contributed by atoms with Gasteiger partial charge in [0.2, 0.25) is 5.95 Å². The largest absolute Gasteiger partial charge is 0.369 e. The second-order valence-corrected chi connectivity index (χ2v) is 4.93. The van der Waals surface area contributed by atoms with Crippen molar-refractivity contribution >= 4 is 17.0 Å². The number of aromatic nitrogens is 2. The van der Waals surface area contributed by atoms with E-state index in [-0.39, 0.29) is 11.5 Å². The van der Waals surface area contributed by atoms with Crippen LogP contribution in [0.3, 0.4) is 0 Å². The molecule has 0 spiro atoms. The molecule has 2 aromatic rings. The van der Waals surface area contributed by atoms with Crippen LogP contribution in [0.4, 0.5) is 14.7 Å². The maximum absolute atomic E-state index is 13.6. The van der Waals surface area contributed by atoms with Gasteiger partial charge in [0.1, 0.15) is 11.3 Å². The van der Waals surface area contributed by atoms with Gasteiger partial charge < -0.3 is 15.2 Å². The molecule has 4 nitrogen and oxygen atoms in total. The number of likely N-dealkylation sites (tertiary alicyclic amines) is 1. The van der Waals surface area contributed by atoms with Crippen molar-refractivity contribution in [1.29, 1.82) is 0 Å². The zero-order valence-corrected chi connectivity index (χ0v) is 10.6. The van der Waals surface area contributed by atoms with E-state index in [0.29, 0.717) is 12.1 Å². The molecule has 102 valence electrons. The van der Waals surface area contributed by atoms with Gasteiger partial charge in [-0.15, -0.1) is 0 Å². The predicted octanol–water partition coefficient (Wildman–Crippen LogP) is 1.99. The Morgan fingerprint density at radius 1 is 1.16 bits per heavy atom. The molecule has 19 heavy (non-hydrogen) atoms. The summed E-state index contributed by atoms with van der Waals surface area (Å²) in [5.74, 6) is -1.03. The van der Waals surface area contributed by atoms with E-state index >= 15 is 0 Å². The predicted molar refractivity (Wildman–Crippen MR) is 69.7 cm³/mol. The monoisotopic (exact) mass is 266 g/mol. The van der Waals surface area contributed by atoms with Crippen molar-refractivity contribution in [1.82, 2.24) is 14.5 Å². The molecule has 0 atom stereocenters. The highest BCUT2D eigenvalue weighted by Crippen LogP contribution is 2.22. The Kier molecular flexibility index (Phi) is 3.10. The summed E-state index contributed by atoms with van der Waals surface area (Å²) in [6.07, 6.45) is 2.42. The standard InChI is InChI=1S/C13H16F2N4/c14-9-7-10(15)12-11(8-9)19(13(16)17-12)6-5-18-3-1-2-4-18/h7-8H,1-6H2,(H2,16,17). The van der Waals surface area contributed by atoms with E-state index in [4.69, 9.17) is 5.73 Å². The SMILES string of the molecule is Nc1nc2c(F)cc(F)cc2n1CCN1CCCC1. The second-order valence-electron chi connectivity index (χ2n) is 4.93. The summed E-state index contributed by atoms with van der Waals surface area (Å²) in [7, 11) is 0. The average molecular weight is 266 g/mol. The highest BCUT2D eigenvalue weighted by atomic mass is 19.1. The van der Waals surface area contributed by atoms with E-state index in [1.807, 2.05) is 0 Å². The first kappa shape index (κ1) is 12.3. The summed E-state index contributed by atoms with van der Waals surface area (Å²) < 4.78 is 28.6. The van der Waals surface area contributed by atoms with Gasteiger partial charge in [-0.2, -0.15) is 0 Å². The van der Waals surface area contributed by atoms with E-state index in [1.54, 1.807) is 4.57 Å². The smallest absolute Gasteiger partial charge is 0.201 e. The van der Waals surface area contributed by atoms with Gasteiger partial charge in [-0.1, -0.05) is 0 Å². The summed E-state index contributed by atoms with van der Waals surface area (Å²) in [6, 6.07) is 2.12. The molecule has 1 saturated heterocycles. The Labute approximate surface area is 109 Å². The van der Waals surface area contributed by atoms with Crippen LogP contribution in [-0.4, -0.2) is 34.1 Å². The summed E-state index contributed by atoms with van der Waals surface area (Å²) in [5, 5.41) is 0. The fraction of sp³-hybridized carbons (Fsp3) is 0.462. The molecule has 1 fully saturated rings. The number of halogens is 2.